The van der Waals surface area contributed by atoms with Gasteiger partial charge in [-0.05, 0) is 63.8 Å². The first-order valence-corrected chi connectivity index (χ1v) is 11.9. The lowest BCUT2D eigenvalue weighted by molar-refractivity contribution is -0.118. The van der Waals surface area contributed by atoms with E-state index in [-0.39, 0.29) is 26.6 Å². The monoisotopic (exact) mass is 526 g/mol. The van der Waals surface area contributed by atoms with Gasteiger partial charge in [-0.25, -0.2) is 8.42 Å². The average molecular weight is 528 g/mol. The van der Waals surface area contributed by atoms with Crippen molar-refractivity contribution in [2.24, 2.45) is 0 Å². The molecule has 1 aromatic heterocycles. The highest BCUT2D eigenvalue weighted by Gasteiger charge is 2.22. The lowest BCUT2D eigenvalue weighted by Crippen LogP contribution is -2.14. The number of sulfonamides is 1. The van der Waals surface area contributed by atoms with Gasteiger partial charge in [0.25, 0.3) is 10.0 Å². The molecule has 0 spiro atoms. The Hall–Kier alpha value is -1.93. The fourth-order valence-electron chi connectivity index (χ4n) is 2.83. The average Bonchev–Trinajstić information content (AvgIpc) is 2.67. The molecule has 0 atom stereocenters. The summed E-state index contributed by atoms with van der Waals surface area (Å²) in [6, 6.07) is 13.3. The predicted octanol–water partition coefficient (Wildman–Crippen LogP) is 5.70. The normalized spacial score (nSPS) is 11.3. The van der Waals surface area contributed by atoms with E-state index in [1.807, 2.05) is 12.1 Å². The second-order valence-corrected chi connectivity index (χ2v) is 9.89. The molecule has 0 saturated carbocycles. The number of pyridine rings is 1. The number of Topliss-reactive ketones (excluding diaryl/α,β-unsaturated/α-hetero) is 1. The number of rotatable bonds is 8. The molecule has 9 heteroatoms. The van der Waals surface area contributed by atoms with Crippen LogP contribution in [-0.2, 0) is 27.7 Å². The number of halogens is 3. The van der Waals surface area contributed by atoms with Crippen molar-refractivity contribution in [3.63, 3.8) is 0 Å². The predicted molar refractivity (Wildman–Crippen MR) is 123 cm³/mol. The summed E-state index contributed by atoms with van der Waals surface area (Å²) in [7, 11) is -3.93. The third-order valence-electron chi connectivity index (χ3n) is 4.25. The number of nitrogens with zero attached hydrogens (tertiary/aromatic N) is 1. The Morgan fingerprint density at radius 2 is 1.80 bits per heavy atom. The van der Waals surface area contributed by atoms with E-state index in [9.17, 15) is 13.2 Å². The Kier molecular flexibility index (Phi) is 7.52. The molecule has 0 aliphatic carbocycles. The van der Waals surface area contributed by atoms with Crippen molar-refractivity contribution in [1.29, 1.82) is 0 Å². The smallest absolute Gasteiger partial charge is 0.264 e. The standard InChI is InChI=1S/C21H17BrCl2N2O3S/c22-19-11-16(23)12-20(24)21(19)30(28,29)26-17-6-3-14(4-7-17)10-18(27)8-5-15-2-1-9-25-13-15/h1-4,6-7,9,11-13,26H,5,8,10H2. The van der Waals surface area contributed by atoms with Crippen LogP contribution in [0, 0.1) is 0 Å². The minimum absolute atomic E-state index is 0.0118. The zero-order valence-corrected chi connectivity index (χ0v) is 19.5. The number of anilines is 1. The van der Waals surface area contributed by atoms with Crippen LogP contribution >= 0.6 is 39.1 Å². The minimum Gasteiger partial charge on any atom is -0.299 e. The van der Waals surface area contributed by atoms with E-state index in [4.69, 9.17) is 23.2 Å². The second kappa shape index (κ2) is 9.92. The largest absolute Gasteiger partial charge is 0.299 e. The summed E-state index contributed by atoms with van der Waals surface area (Å²) >= 11 is 15.1. The molecule has 0 bridgehead atoms. The van der Waals surface area contributed by atoms with Crippen LogP contribution in [0.1, 0.15) is 17.5 Å². The molecule has 2 aromatic carbocycles. The molecule has 1 N–H and O–H groups in total. The summed E-state index contributed by atoms with van der Waals surface area (Å²) in [6.07, 6.45) is 4.78. The number of ketones is 1. The summed E-state index contributed by atoms with van der Waals surface area (Å²) in [4.78, 5) is 16.2. The number of hydrogen-bond acceptors (Lipinski definition) is 4. The Morgan fingerprint density at radius 1 is 1.07 bits per heavy atom. The van der Waals surface area contributed by atoms with E-state index in [1.54, 1.807) is 36.7 Å². The van der Waals surface area contributed by atoms with Crippen LogP contribution in [0.2, 0.25) is 10.0 Å². The van der Waals surface area contributed by atoms with Crippen LogP contribution in [0.5, 0.6) is 0 Å². The Labute approximate surface area is 193 Å². The highest BCUT2D eigenvalue weighted by atomic mass is 79.9. The summed E-state index contributed by atoms with van der Waals surface area (Å²) < 4.78 is 28.2. The van der Waals surface area contributed by atoms with E-state index >= 15 is 0 Å². The molecule has 1 heterocycles. The zero-order chi connectivity index (χ0) is 21.7. The van der Waals surface area contributed by atoms with Crippen LogP contribution in [0.4, 0.5) is 5.69 Å². The van der Waals surface area contributed by atoms with Crippen LogP contribution in [0.3, 0.4) is 0 Å². The van der Waals surface area contributed by atoms with Crippen molar-refractivity contribution < 1.29 is 13.2 Å². The zero-order valence-electron chi connectivity index (χ0n) is 15.6. The Bertz CT molecular complexity index is 1130. The Morgan fingerprint density at radius 3 is 2.43 bits per heavy atom. The summed E-state index contributed by atoms with van der Waals surface area (Å²) in [6.45, 7) is 0. The first-order chi connectivity index (χ1) is 14.2. The number of carbonyl (C=O) groups is 1. The van der Waals surface area contributed by atoms with Gasteiger partial charge in [0, 0.05) is 40.4 Å². The van der Waals surface area contributed by atoms with Gasteiger partial charge in [0.05, 0.1) is 5.02 Å². The van der Waals surface area contributed by atoms with Gasteiger partial charge in [-0.2, -0.15) is 0 Å². The minimum atomic E-state index is -3.93. The fraction of sp³-hybridized carbons (Fsp3) is 0.143. The van der Waals surface area contributed by atoms with E-state index < -0.39 is 10.0 Å². The molecule has 3 aromatic rings. The van der Waals surface area contributed by atoms with Crippen molar-refractivity contribution in [2.45, 2.75) is 24.2 Å². The van der Waals surface area contributed by atoms with Gasteiger partial charge in [-0.1, -0.05) is 41.4 Å². The fourth-order valence-corrected chi connectivity index (χ4v) is 6.15. The molecule has 3 rings (SSSR count). The van der Waals surface area contributed by atoms with Crippen molar-refractivity contribution in [3.05, 3.63) is 86.6 Å². The SMILES string of the molecule is O=C(CCc1cccnc1)Cc1ccc(NS(=O)(=O)c2c(Cl)cc(Cl)cc2Br)cc1. The quantitative estimate of drug-likeness (QED) is 0.408. The molecule has 0 amide bonds. The van der Waals surface area contributed by atoms with Gasteiger partial charge < -0.3 is 0 Å². The van der Waals surface area contributed by atoms with Crippen molar-refractivity contribution in [1.82, 2.24) is 4.98 Å². The van der Waals surface area contributed by atoms with Crippen LogP contribution in [0.15, 0.2) is 70.3 Å². The number of hydrogen-bond donors (Lipinski definition) is 1. The molecule has 0 unspecified atom stereocenters. The number of nitrogens with one attached hydrogen (secondary N) is 1. The Balaban J connectivity index is 1.63. The first-order valence-electron chi connectivity index (χ1n) is 8.91. The van der Waals surface area contributed by atoms with Gasteiger partial charge in [-0.3, -0.25) is 14.5 Å². The van der Waals surface area contributed by atoms with Crippen LogP contribution in [0.25, 0.3) is 0 Å². The maximum atomic E-state index is 12.7. The third-order valence-corrected chi connectivity index (χ3v) is 7.25. The maximum Gasteiger partial charge on any atom is 0.264 e. The van der Waals surface area contributed by atoms with E-state index in [0.29, 0.717) is 23.6 Å². The molecule has 0 radical (unpaired) electrons. The maximum absolute atomic E-state index is 12.7. The van der Waals surface area contributed by atoms with Gasteiger partial charge >= 0.3 is 0 Å². The number of benzene rings is 2. The topological polar surface area (TPSA) is 76.1 Å². The highest BCUT2D eigenvalue weighted by molar-refractivity contribution is 9.10. The number of carbonyl (C=O) groups excluding carboxylic acids is 1. The van der Waals surface area contributed by atoms with Gasteiger partial charge in [0.1, 0.15) is 10.7 Å². The lowest BCUT2D eigenvalue weighted by Gasteiger charge is -2.12. The highest BCUT2D eigenvalue weighted by Crippen LogP contribution is 2.34. The molecular formula is C21H17BrCl2N2O3S. The third kappa shape index (κ3) is 6.04. The van der Waals surface area contributed by atoms with E-state index in [0.717, 1.165) is 11.1 Å². The van der Waals surface area contributed by atoms with E-state index in [1.165, 1.54) is 12.1 Å². The molecule has 0 fully saturated rings. The molecule has 0 saturated heterocycles. The molecule has 156 valence electrons. The number of aromatic nitrogens is 1. The first kappa shape index (κ1) is 22.7. The molecule has 0 aliphatic heterocycles. The van der Waals surface area contributed by atoms with Crippen LogP contribution in [-0.4, -0.2) is 19.2 Å². The number of aryl methyl sites for hydroxylation is 1. The molecule has 30 heavy (non-hydrogen) atoms. The van der Waals surface area contributed by atoms with Crippen molar-refractivity contribution >= 4 is 60.6 Å². The van der Waals surface area contributed by atoms with Gasteiger partial charge in [0.2, 0.25) is 0 Å². The molecule has 0 aliphatic rings. The summed E-state index contributed by atoms with van der Waals surface area (Å²) in [5.41, 5.74) is 2.18. The van der Waals surface area contributed by atoms with E-state index in [2.05, 4.69) is 25.6 Å². The van der Waals surface area contributed by atoms with Gasteiger partial charge in [-0.15, -0.1) is 0 Å². The van der Waals surface area contributed by atoms with Gasteiger partial charge in [0.15, 0.2) is 0 Å². The second-order valence-electron chi connectivity index (χ2n) is 6.58. The summed E-state index contributed by atoms with van der Waals surface area (Å²) in [5.74, 6) is 0.101. The lowest BCUT2D eigenvalue weighted by atomic mass is 10.0. The molecule has 5 nitrogen and oxygen atoms in total. The van der Waals surface area contributed by atoms with Crippen molar-refractivity contribution in [3.8, 4) is 0 Å². The molecular weight excluding hydrogens is 511 g/mol. The van der Waals surface area contributed by atoms with Crippen LogP contribution < -0.4 is 4.72 Å². The van der Waals surface area contributed by atoms with Crippen molar-refractivity contribution in [2.75, 3.05) is 4.72 Å². The summed E-state index contributed by atoms with van der Waals surface area (Å²) in [5, 5.41) is 0.334.